The van der Waals surface area contributed by atoms with Gasteiger partial charge in [0.1, 0.15) is 0 Å². The van der Waals surface area contributed by atoms with Crippen LogP contribution in [0.25, 0.3) is 0 Å². The number of carbonyl (C=O) groups is 1. The van der Waals surface area contributed by atoms with Crippen molar-refractivity contribution >= 4 is 5.97 Å². The minimum absolute atomic E-state index is 0.356. The van der Waals surface area contributed by atoms with Crippen LogP contribution in [-0.2, 0) is 11.2 Å². The predicted molar refractivity (Wildman–Crippen MR) is 87.4 cm³/mol. The molecule has 0 heterocycles. The number of ether oxygens (including phenoxy) is 1. The third kappa shape index (κ3) is 4.83. The fourth-order valence-corrected chi connectivity index (χ4v) is 3.40. The Kier molecular flexibility index (Phi) is 6.84. The van der Waals surface area contributed by atoms with Gasteiger partial charge in [-0.1, -0.05) is 19.4 Å². The Morgan fingerprint density at radius 1 is 1.03 bits per heavy atom. The Morgan fingerprint density at radius 3 is 2.10 bits per heavy atom. The summed E-state index contributed by atoms with van der Waals surface area (Å²) in [6.07, 6.45) is -7.13. The van der Waals surface area contributed by atoms with Crippen LogP contribution in [0, 0.1) is 17.7 Å². The molecule has 1 aliphatic rings. The molecule has 2 nitrogen and oxygen atoms in total. The van der Waals surface area contributed by atoms with Crippen molar-refractivity contribution in [3.05, 3.63) is 29.6 Å². The van der Waals surface area contributed by atoms with E-state index in [1.165, 1.54) is 12.1 Å². The molecule has 0 radical (unpaired) electrons. The van der Waals surface area contributed by atoms with Gasteiger partial charge in [0.15, 0.2) is 11.6 Å². The molecule has 0 bridgehead atoms. The van der Waals surface area contributed by atoms with E-state index in [2.05, 4.69) is 0 Å². The lowest BCUT2D eigenvalue weighted by Crippen LogP contribution is -2.56. The molecule has 1 aromatic carbocycles. The molecule has 1 saturated carbocycles. The monoisotopic (exact) mass is 432 g/mol. The molecule has 0 aliphatic heterocycles. The fraction of sp³-hybridized carbons (Fsp3) is 0.632. The Balaban J connectivity index is 1.99. The SMILES string of the molecule is CCCc1ccc(OC(=O)[C@H]2CC[C@H](C(F)(F)C(F)(F)C(F)(F)F)CC2)c(F)c1. The van der Waals surface area contributed by atoms with E-state index in [0.29, 0.717) is 12.0 Å². The molecular weight excluding hydrogens is 412 g/mol. The standard InChI is InChI=1S/C19H20F8O2/c1-2-3-11-4-9-15(14(20)10-11)29-16(28)12-5-7-13(8-6-12)17(21,22)18(23,24)19(25,26)27/h4,9-10,12-13H,2-3,5-8H2,1H3/t12-,13-. The van der Waals surface area contributed by atoms with Crippen LogP contribution in [0.15, 0.2) is 18.2 Å². The lowest BCUT2D eigenvalue weighted by atomic mass is 9.77. The zero-order valence-corrected chi connectivity index (χ0v) is 15.5. The van der Waals surface area contributed by atoms with Gasteiger partial charge in [-0.05, 0) is 49.8 Å². The number of hydrogen-bond donors (Lipinski definition) is 0. The van der Waals surface area contributed by atoms with Crippen LogP contribution < -0.4 is 4.74 Å². The molecule has 1 aromatic rings. The Morgan fingerprint density at radius 2 is 1.62 bits per heavy atom. The lowest BCUT2D eigenvalue weighted by Gasteiger charge is -2.37. The van der Waals surface area contributed by atoms with Crippen molar-refractivity contribution in [2.75, 3.05) is 0 Å². The highest BCUT2D eigenvalue weighted by Gasteiger charge is 2.74. The highest BCUT2D eigenvalue weighted by Crippen LogP contribution is 2.53. The summed E-state index contributed by atoms with van der Waals surface area (Å²) in [6, 6.07) is 4.01. The van der Waals surface area contributed by atoms with Crippen LogP contribution in [0.5, 0.6) is 5.75 Å². The van der Waals surface area contributed by atoms with Gasteiger partial charge in [0, 0.05) is 5.92 Å². The van der Waals surface area contributed by atoms with Gasteiger partial charge in [-0.2, -0.15) is 30.7 Å². The second kappa shape index (κ2) is 8.47. The van der Waals surface area contributed by atoms with Gasteiger partial charge in [-0.15, -0.1) is 0 Å². The molecule has 0 aromatic heterocycles. The Hall–Kier alpha value is -1.87. The molecule has 1 aliphatic carbocycles. The van der Waals surface area contributed by atoms with Crippen LogP contribution in [-0.4, -0.2) is 24.0 Å². The predicted octanol–water partition coefficient (Wildman–Crippen LogP) is 6.32. The van der Waals surface area contributed by atoms with E-state index < -0.39 is 54.5 Å². The van der Waals surface area contributed by atoms with Crippen molar-refractivity contribution < 1.29 is 44.7 Å². The Bertz CT molecular complexity index is 721. The van der Waals surface area contributed by atoms with Crippen LogP contribution in [0.1, 0.15) is 44.6 Å². The lowest BCUT2D eigenvalue weighted by molar-refractivity contribution is -0.367. The van der Waals surface area contributed by atoms with Crippen LogP contribution in [0.3, 0.4) is 0 Å². The first kappa shape index (κ1) is 23.4. The van der Waals surface area contributed by atoms with Crippen molar-refractivity contribution in [3.8, 4) is 5.75 Å². The van der Waals surface area contributed by atoms with Gasteiger partial charge >= 0.3 is 24.0 Å². The van der Waals surface area contributed by atoms with Crippen molar-refractivity contribution in [3.63, 3.8) is 0 Å². The highest BCUT2D eigenvalue weighted by molar-refractivity contribution is 5.75. The van der Waals surface area contributed by atoms with Gasteiger partial charge < -0.3 is 4.74 Å². The first-order valence-electron chi connectivity index (χ1n) is 9.13. The average Bonchev–Trinajstić information content (AvgIpc) is 2.63. The number of hydrogen-bond acceptors (Lipinski definition) is 2. The summed E-state index contributed by atoms with van der Waals surface area (Å²) < 4.78 is 110. The third-order valence-electron chi connectivity index (χ3n) is 5.09. The zero-order valence-electron chi connectivity index (χ0n) is 15.5. The average molecular weight is 432 g/mol. The number of benzene rings is 1. The molecule has 0 amide bonds. The maximum Gasteiger partial charge on any atom is 0.459 e. The van der Waals surface area contributed by atoms with E-state index in [9.17, 15) is 39.9 Å². The maximum absolute atomic E-state index is 14.0. The highest BCUT2D eigenvalue weighted by atomic mass is 19.4. The summed E-state index contributed by atoms with van der Waals surface area (Å²) in [4.78, 5) is 12.1. The summed E-state index contributed by atoms with van der Waals surface area (Å²) in [7, 11) is 0. The summed E-state index contributed by atoms with van der Waals surface area (Å²) in [5, 5.41) is 0. The molecule has 0 atom stereocenters. The summed E-state index contributed by atoms with van der Waals surface area (Å²) in [5.74, 6) is -16.7. The molecular formula is C19H20F8O2. The zero-order chi connectivity index (χ0) is 22.0. The quantitative estimate of drug-likeness (QED) is 0.299. The molecule has 0 unspecified atom stereocenters. The maximum atomic E-state index is 14.0. The first-order chi connectivity index (χ1) is 13.3. The second-order valence-corrected chi connectivity index (χ2v) is 7.18. The molecule has 0 saturated heterocycles. The van der Waals surface area contributed by atoms with Crippen molar-refractivity contribution in [2.24, 2.45) is 11.8 Å². The van der Waals surface area contributed by atoms with E-state index in [1.807, 2.05) is 6.92 Å². The fourth-order valence-electron chi connectivity index (χ4n) is 3.40. The molecule has 29 heavy (non-hydrogen) atoms. The third-order valence-corrected chi connectivity index (χ3v) is 5.09. The number of rotatable bonds is 6. The number of carbonyl (C=O) groups excluding carboxylic acids is 1. The van der Waals surface area contributed by atoms with Crippen molar-refractivity contribution in [1.82, 2.24) is 0 Å². The summed E-state index contributed by atoms with van der Waals surface area (Å²) >= 11 is 0. The largest absolute Gasteiger partial charge is 0.459 e. The summed E-state index contributed by atoms with van der Waals surface area (Å²) in [6.45, 7) is 1.90. The van der Waals surface area contributed by atoms with Crippen LogP contribution in [0.2, 0.25) is 0 Å². The van der Waals surface area contributed by atoms with E-state index in [1.54, 1.807) is 6.07 Å². The summed E-state index contributed by atoms with van der Waals surface area (Å²) in [5.41, 5.74) is 0.693. The minimum atomic E-state index is -6.38. The van der Waals surface area contributed by atoms with Gasteiger partial charge in [0.25, 0.3) is 0 Å². The van der Waals surface area contributed by atoms with E-state index in [0.717, 1.165) is 6.42 Å². The molecule has 0 spiro atoms. The van der Waals surface area contributed by atoms with Gasteiger partial charge in [-0.3, -0.25) is 4.79 Å². The molecule has 1 fully saturated rings. The minimum Gasteiger partial charge on any atom is -0.423 e. The molecule has 0 N–H and O–H groups in total. The van der Waals surface area contributed by atoms with E-state index >= 15 is 0 Å². The van der Waals surface area contributed by atoms with Gasteiger partial charge in [-0.25, -0.2) is 4.39 Å². The first-order valence-corrected chi connectivity index (χ1v) is 9.13. The van der Waals surface area contributed by atoms with Crippen molar-refractivity contribution in [2.45, 2.75) is 63.5 Å². The topological polar surface area (TPSA) is 26.3 Å². The van der Waals surface area contributed by atoms with E-state index in [-0.39, 0.29) is 18.6 Å². The molecule has 10 heteroatoms. The van der Waals surface area contributed by atoms with Crippen molar-refractivity contribution in [1.29, 1.82) is 0 Å². The second-order valence-electron chi connectivity index (χ2n) is 7.18. The number of esters is 1. The molecule has 164 valence electrons. The van der Waals surface area contributed by atoms with Crippen LogP contribution >= 0.6 is 0 Å². The molecule has 2 rings (SSSR count). The van der Waals surface area contributed by atoms with E-state index in [4.69, 9.17) is 4.74 Å². The smallest absolute Gasteiger partial charge is 0.423 e. The van der Waals surface area contributed by atoms with Gasteiger partial charge in [0.2, 0.25) is 0 Å². The van der Waals surface area contributed by atoms with Crippen LogP contribution in [0.4, 0.5) is 35.1 Å². The number of alkyl halides is 7. The van der Waals surface area contributed by atoms with Gasteiger partial charge in [0.05, 0.1) is 5.92 Å². The number of halogens is 8. The number of aryl methyl sites for hydroxylation is 1. The Labute approximate surface area is 162 Å². The normalized spacial score (nSPS) is 21.1.